The predicted molar refractivity (Wildman–Crippen MR) is 114 cm³/mol. The Morgan fingerprint density at radius 3 is 2.86 bits per heavy atom. The van der Waals surface area contributed by atoms with Gasteiger partial charge >= 0.3 is 5.97 Å². The van der Waals surface area contributed by atoms with E-state index in [2.05, 4.69) is 23.5 Å². The van der Waals surface area contributed by atoms with Crippen LogP contribution in [0.25, 0.3) is 11.3 Å². The first-order valence-corrected chi connectivity index (χ1v) is 10.9. The number of nitrogens with zero attached hydrogens (tertiary/aromatic N) is 1. The Kier molecular flexibility index (Phi) is 6.33. The molecule has 154 valence electrons. The molecule has 1 aromatic carbocycles. The highest BCUT2D eigenvalue weighted by Gasteiger charge is 2.20. The van der Waals surface area contributed by atoms with Crippen LogP contribution in [-0.2, 0) is 16.0 Å². The molecule has 1 fully saturated rings. The number of carbonyl (C=O) groups excluding carboxylic acids is 1. The van der Waals surface area contributed by atoms with Crippen LogP contribution in [-0.4, -0.2) is 29.7 Å². The van der Waals surface area contributed by atoms with Gasteiger partial charge in [0, 0.05) is 29.8 Å². The number of hydrogen-bond acceptors (Lipinski definition) is 5. The number of carbonyl (C=O) groups is 1. The minimum atomic E-state index is -0.110. The quantitative estimate of drug-likeness (QED) is 0.659. The minimum absolute atomic E-state index is 0.110. The first-order valence-electron chi connectivity index (χ1n) is 10.9. The summed E-state index contributed by atoms with van der Waals surface area (Å²) in [5.41, 5.74) is 4.53. The van der Waals surface area contributed by atoms with Crippen molar-refractivity contribution >= 4 is 11.7 Å². The summed E-state index contributed by atoms with van der Waals surface area (Å²) < 4.78 is 11.1. The Labute approximate surface area is 172 Å². The van der Waals surface area contributed by atoms with E-state index >= 15 is 0 Å². The van der Waals surface area contributed by atoms with Crippen LogP contribution in [0.2, 0.25) is 0 Å². The van der Waals surface area contributed by atoms with Gasteiger partial charge in [-0.2, -0.15) is 0 Å². The molecule has 0 spiro atoms. The van der Waals surface area contributed by atoms with E-state index in [1.807, 2.05) is 25.1 Å². The largest absolute Gasteiger partial charge is 0.474 e. The van der Waals surface area contributed by atoms with Gasteiger partial charge < -0.3 is 14.8 Å². The zero-order valence-electron chi connectivity index (χ0n) is 17.2. The van der Waals surface area contributed by atoms with E-state index < -0.39 is 0 Å². The molecule has 1 aliphatic carbocycles. The van der Waals surface area contributed by atoms with E-state index in [0.717, 1.165) is 54.9 Å². The molecule has 2 aliphatic rings. The van der Waals surface area contributed by atoms with Gasteiger partial charge in [-0.1, -0.05) is 12.1 Å². The fourth-order valence-electron chi connectivity index (χ4n) is 4.28. The number of esters is 1. The van der Waals surface area contributed by atoms with E-state index in [1.165, 1.54) is 18.4 Å². The summed E-state index contributed by atoms with van der Waals surface area (Å²) in [4.78, 5) is 16.3. The molecule has 1 saturated carbocycles. The van der Waals surface area contributed by atoms with Crippen LogP contribution in [0.4, 0.5) is 5.69 Å². The lowest BCUT2D eigenvalue weighted by Gasteiger charge is -2.27. The fourth-order valence-corrected chi connectivity index (χ4v) is 4.28. The molecule has 4 rings (SSSR count). The van der Waals surface area contributed by atoms with Crippen molar-refractivity contribution in [3.05, 3.63) is 42.0 Å². The highest BCUT2D eigenvalue weighted by Crippen LogP contribution is 2.31. The molecule has 1 N–H and O–H groups in total. The Hall–Kier alpha value is -2.56. The summed E-state index contributed by atoms with van der Waals surface area (Å²) in [5.74, 6) is 0.616. The van der Waals surface area contributed by atoms with Gasteiger partial charge in [0.05, 0.1) is 12.3 Å². The highest BCUT2D eigenvalue weighted by molar-refractivity contribution is 5.70. The first-order chi connectivity index (χ1) is 14.2. The number of rotatable bonds is 7. The van der Waals surface area contributed by atoms with Crippen LogP contribution in [0.5, 0.6) is 5.88 Å². The number of nitrogens with one attached hydrogen (secondary N) is 1. The lowest BCUT2D eigenvalue weighted by atomic mass is 9.93. The van der Waals surface area contributed by atoms with Gasteiger partial charge in [-0.25, -0.2) is 4.98 Å². The molecule has 0 bridgehead atoms. The first kappa shape index (κ1) is 19.7. The van der Waals surface area contributed by atoms with Gasteiger partial charge in [-0.15, -0.1) is 0 Å². The van der Waals surface area contributed by atoms with Gasteiger partial charge in [-0.05, 0) is 75.6 Å². The molecule has 0 radical (unpaired) electrons. The van der Waals surface area contributed by atoms with Crippen molar-refractivity contribution in [3.63, 3.8) is 0 Å². The van der Waals surface area contributed by atoms with E-state index in [1.54, 1.807) is 0 Å². The van der Waals surface area contributed by atoms with Crippen molar-refractivity contribution < 1.29 is 14.3 Å². The number of aromatic nitrogens is 1. The summed E-state index contributed by atoms with van der Waals surface area (Å²) in [6.07, 6.45) is 8.39. The molecule has 1 unspecified atom stereocenters. The second-order valence-electron chi connectivity index (χ2n) is 7.98. The Bertz CT molecular complexity index is 846. The van der Waals surface area contributed by atoms with Crippen LogP contribution in [0, 0.1) is 0 Å². The van der Waals surface area contributed by atoms with Crippen LogP contribution >= 0.6 is 0 Å². The van der Waals surface area contributed by atoms with Crippen LogP contribution < -0.4 is 10.1 Å². The molecule has 29 heavy (non-hydrogen) atoms. The highest BCUT2D eigenvalue weighted by atomic mass is 16.5. The molecular formula is C24H30N2O3. The maximum atomic E-state index is 11.6. The van der Waals surface area contributed by atoms with Gasteiger partial charge in [0.2, 0.25) is 5.88 Å². The second kappa shape index (κ2) is 9.29. The van der Waals surface area contributed by atoms with E-state index in [9.17, 15) is 4.79 Å². The molecule has 5 heteroatoms. The third-order valence-electron chi connectivity index (χ3n) is 5.84. The van der Waals surface area contributed by atoms with Crippen LogP contribution in [0.15, 0.2) is 36.4 Å². The number of ether oxygens (including phenoxy) is 2. The molecule has 0 amide bonds. The number of pyridine rings is 1. The number of anilines is 1. The normalized spacial score (nSPS) is 18.7. The zero-order chi connectivity index (χ0) is 20.1. The van der Waals surface area contributed by atoms with Crippen LogP contribution in [0.1, 0.15) is 57.4 Å². The predicted octanol–water partition coefficient (Wildman–Crippen LogP) is 5.14. The molecule has 1 atom stereocenters. The van der Waals surface area contributed by atoms with Gasteiger partial charge in [0.1, 0.15) is 6.10 Å². The summed E-state index contributed by atoms with van der Waals surface area (Å²) in [7, 11) is 0. The number of fused-ring (bicyclic) bond motifs is 1. The minimum Gasteiger partial charge on any atom is -0.474 e. The third-order valence-corrected chi connectivity index (χ3v) is 5.84. The third kappa shape index (κ3) is 5.08. The maximum Gasteiger partial charge on any atom is 0.305 e. The summed E-state index contributed by atoms with van der Waals surface area (Å²) >= 11 is 0. The molecule has 2 heterocycles. The molecule has 2 aromatic rings. The zero-order valence-corrected chi connectivity index (χ0v) is 17.2. The Balaban J connectivity index is 1.41. The molecule has 1 aromatic heterocycles. The van der Waals surface area contributed by atoms with Crippen molar-refractivity contribution in [1.82, 2.24) is 4.98 Å². The lowest BCUT2D eigenvalue weighted by Crippen LogP contribution is -2.26. The fraction of sp³-hybridized carbons (Fsp3) is 0.500. The average molecular weight is 395 g/mol. The van der Waals surface area contributed by atoms with Crippen molar-refractivity contribution in [2.24, 2.45) is 0 Å². The standard InChI is InChI=1S/C24H30N2O3/c1-2-28-24(27)15-13-19-12-10-17-16-18(11-14-22(17)25-19)21-8-5-9-23(26-21)29-20-6-3-4-7-20/h5,8-9,11,14,16,19-20,25H,2-4,6-7,10,12-13,15H2,1H3. The van der Waals surface area contributed by atoms with Gasteiger partial charge in [-0.3, -0.25) is 4.79 Å². The lowest BCUT2D eigenvalue weighted by molar-refractivity contribution is -0.143. The molecule has 1 aliphatic heterocycles. The monoisotopic (exact) mass is 394 g/mol. The second-order valence-corrected chi connectivity index (χ2v) is 7.98. The maximum absolute atomic E-state index is 11.6. The van der Waals surface area contributed by atoms with Crippen molar-refractivity contribution in [1.29, 1.82) is 0 Å². The van der Waals surface area contributed by atoms with Crippen molar-refractivity contribution in [2.45, 2.75) is 70.4 Å². The van der Waals surface area contributed by atoms with E-state index in [-0.39, 0.29) is 5.97 Å². The summed E-state index contributed by atoms with van der Waals surface area (Å²) in [6, 6.07) is 12.8. The van der Waals surface area contributed by atoms with Crippen LogP contribution in [0.3, 0.4) is 0 Å². The van der Waals surface area contributed by atoms with Gasteiger partial charge in [0.15, 0.2) is 0 Å². The van der Waals surface area contributed by atoms with E-state index in [0.29, 0.717) is 25.2 Å². The van der Waals surface area contributed by atoms with Crippen molar-refractivity contribution in [2.75, 3.05) is 11.9 Å². The van der Waals surface area contributed by atoms with Gasteiger partial charge in [0.25, 0.3) is 0 Å². The Morgan fingerprint density at radius 1 is 1.17 bits per heavy atom. The van der Waals surface area contributed by atoms with Crippen molar-refractivity contribution in [3.8, 4) is 17.1 Å². The summed E-state index contributed by atoms with van der Waals surface area (Å²) in [5, 5.41) is 3.58. The van der Waals surface area contributed by atoms with E-state index in [4.69, 9.17) is 14.5 Å². The Morgan fingerprint density at radius 2 is 2.03 bits per heavy atom. The summed E-state index contributed by atoms with van der Waals surface area (Å²) in [6.45, 7) is 2.29. The average Bonchev–Trinajstić information content (AvgIpc) is 3.25. The smallest absolute Gasteiger partial charge is 0.305 e. The molecule has 5 nitrogen and oxygen atoms in total. The SMILES string of the molecule is CCOC(=O)CCC1CCc2cc(-c3cccc(OC4CCCC4)n3)ccc2N1. The number of hydrogen-bond donors (Lipinski definition) is 1. The topological polar surface area (TPSA) is 60.5 Å². The molecule has 0 saturated heterocycles. The molecular weight excluding hydrogens is 364 g/mol. The number of aryl methyl sites for hydroxylation is 1. The number of benzene rings is 1.